The van der Waals surface area contributed by atoms with E-state index in [1.165, 1.54) is 26.2 Å². The molecule has 0 radical (unpaired) electrons. The number of esters is 1. The van der Waals surface area contributed by atoms with Gasteiger partial charge in [0, 0.05) is 11.8 Å². The predicted octanol–water partition coefficient (Wildman–Crippen LogP) is 3.40. The number of anilines is 1. The summed E-state index contributed by atoms with van der Waals surface area (Å²) in [5.74, 6) is -1.27. The summed E-state index contributed by atoms with van der Waals surface area (Å²) in [7, 11) is 1.18. The number of ether oxygens (including phenoxy) is 2. The Hall–Kier alpha value is -3.42. The fourth-order valence-corrected chi connectivity index (χ4v) is 2.35. The number of nitro groups is 1. The van der Waals surface area contributed by atoms with Gasteiger partial charge in [-0.25, -0.2) is 4.79 Å². The van der Waals surface area contributed by atoms with Crippen LogP contribution in [0.5, 0.6) is 5.75 Å². The van der Waals surface area contributed by atoms with Crippen LogP contribution in [-0.2, 0) is 9.53 Å². The third-order valence-corrected chi connectivity index (χ3v) is 3.90. The maximum absolute atomic E-state index is 12.4. The molecule has 0 unspecified atom stereocenters. The maximum atomic E-state index is 12.4. The van der Waals surface area contributed by atoms with Crippen molar-refractivity contribution in [2.75, 3.05) is 12.4 Å². The Morgan fingerprint density at radius 3 is 2.48 bits per heavy atom. The fourth-order valence-electron chi connectivity index (χ4n) is 2.35. The van der Waals surface area contributed by atoms with Gasteiger partial charge in [0.15, 0.2) is 11.9 Å². The Morgan fingerprint density at radius 2 is 1.85 bits per heavy atom. The lowest BCUT2D eigenvalue weighted by molar-refractivity contribution is -0.386. The van der Waals surface area contributed by atoms with Gasteiger partial charge in [-0.15, -0.1) is 0 Å². The molecule has 0 saturated carbocycles. The topological polar surface area (TPSA) is 108 Å². The van der Waals surface area contributed by atoms with Gasteiger partial charge in [0.25, 0.3) is 5.91 Å². The Kier molecular flexibility index (Phi) is 6.12. The minimum absolute atomic E-state index is 0.0176. The average molecular weight is 372 g/mol. The quantitative estimate of drug-likeness (QED) is 0.473. The van der Waals surface area contributed by atoms with Crippen LogP contribution in [0, 0.1) is 24.0 Å². The highest BCUT2D eigenvalue weighted by Crippen LogP contribution is 2.29. The predicted molar refractivity (Wildman–Crippen MR) is 99.1 cm³/mol. The smallest absolute Gasteiger partial charge is 0.338 e. The Labute approximate surface area is 156 Å². The zero-order valence-electron chi connectivity index (χ0n) is 15.4. The van der Waals surface area contributed by atoms with Crippen molar-refractivity contribution < 1.29 is 24.0 Å². The van der Waals surface area contributed by atoms with Gasteiger partial charge >= 0.3 is 11.7 Å². The molecule has 1 atom stereocenters. The summed E-state index contributed by atoms with van der Waals surface area (Å²) in [6.07, 6.45) is -0.993. The van der Waals surface area contributed by atoms with Gasteiger partial charge < -0.3 is 14.8 Å². The van der Waals surface area contributed by atoms with E-state index in [1.807, 2.05) is 32.0 Å². The van der Waals surface area contributed by atoms with E-state index in [9.17, 15) is 19.7 Å². The van der Waals surface area contributed by atoms with E-state index >= 15 is 0 Å². The molecule has 2 rings (SSSR count). The van der Waals surface area contributed by atoms with Crippen LogP contribution in [-0.4, -0.2) is 30.0 Å². The number of aryl methyl sites for hydroxylation is 2. The number of amides is 1. The number of hydrogen-bond donors (Lipinski definition) is 1. The highest BCUT2D eigenvalue weighted by molar-refractivity contribution is 5.95. The van der Waals surface area contributed by atoms with E-state index in [4.69, 9.17) is 4.74 Å². The minimum atomic E-state index is -0.993. The molecule has 8 heteroatoms. The number of nitro benzene ring substituents is 1. The second kappa shape index (κ2) is 8.31. The molecule has 1 N–H and O–H groups in total. The molecule has 142 valence electrons. The first-order chi connectivity index (χ1) is 12.7. The molecular formula is C19H20N2O6. The highest BCUT2D eigenvalue weighted by Gasteiger charge is 2.23. The van der Waals surface area contributed by atoms with E-state index in [2.05, 4.69) is 10.1 Å². The molecule has 0 aliphatic rings. The summed E-state index contributed by atoms with van der Waals surface area (Å²) in [6, 6.07) is 9.30. The number of nitrogens with zero attached hydrogens (tertiary/aromatic N) is 1. The Bertz CT molecular complexity index is 894. The molecular weight excluding hydrogens is 352 g/mol. The summed E-state index contributed by atoms with van der Waals surface area (Å²) >= 11 is 0. The minimum Gasteiger partial charge on any atom is -0.474 e. The monoisotopic (exact) mass is 372 g/mol. The van der Waals surface area contributed by atoms with E-state index in [-0.39, 0.29) is 11.3 Å². The molecule has 0 saturated heterocycles. The summed E-state index contributed by atoms with van der Waals surface area (Å²) in [5, 5.41) is 14.0. The van der Waals surface area contributed by atoms with Crippen molar-refractivity contribution in [2.24, 2.45) is 0 Å². The van der Waals surface area contributed by atoms with Gasteiger partial charge in [0.05, 0.1) is 17.6 Å². The van der Waals surface area contributed by atoms with Crippen LogP contribution in [0.2, 0.25) is 0 Å². The molecule has 2 aromatic carbocycles. The van der Waals surface area contributed by atoms with Crippen molar-refractivity contribution in [1.29, 1.82) is 0 Å². The first-order valence-electron chi connectivity index (χ1n) is 8.14. The fraction of sp³-hybridized carbons (Fsp3) is 0.263. The van der Waals surface area contributed by atoms with Crippen LogP contribution >= 0.6 is 0 Å². The number of carbonyl (C=O) groups is 2. The normalized spacial score (nSPS) is 11.4. The summed E-state index contributed by atoms with van der Waals surface area (Å²) in [6.45, 7) is 5.25. The standard InChI is InChI=1S/C19H20N2O6/c1-11-5-6-12(2)15(9-11)20-18(22)13(3)27-17-8-7-14(19(23)26-4)10-16(17)21(24)25/h5-10,13H,1-4H3,(H,20,22)/t13-/m0/s1. The lowest BCUT2D eigenvalue weighted by Gasteiger charge is -2.16. The van der Waals surface area contributed by atoms with Crippen molar-refractivity contribution >= 4 is 23.3 Å². The number of methoxy groups -OCH3 is 1. The van der Waals surface area contributed by atoms with Crippen molar-refractivity contribution in [3.05, 3.63) is 63.2 Å². The van der Waals surface area contributed by atoms with E-state index < -0.39 is 28.6 Å². The van der Waals surface area contributed by atoms with Crippen molar-refractivity contribution in [1.82, 2.24) is 0 Å². The summed E-state index contributed by atoms with van der Waals surface area (Å²) < 4.78 is 10.0. The second-order valence-electron chi connectivity index (χ2n) is 6.00. The SMILES string of the molecule is COC(=O)c1ccc(O[C@@H](C)C(=O)Nc2cc(C)ccc2C)c([N+](=O)[O-])c1. The van der Waals surface area contributed by atoms with E-state index in [0.29, 0.717) is 5.69 Å². The molecule has 0 fully saturated rings. The number of nitrogens with one attached hydrogen (secondary N) is 1. The molecule has 0 aromatic heterocycles. The van der Waals surface area contributed by atoms with Crippen molar-refractivity contribution in [3.8, 4) is 5.75 Å². The lowest BCUT2D eigenvalue weighted by Crippen LogP contribution is -2.30. The largest absolute Gasteiger partial charge is 0.474 e. The molecule has 0 bridgehead atoms. The molecule has 2 aromatic rings. The number of benzene rings is 2. The summed E-state index contributed by atoms with van der Waals surface area (Å²) in [5.41, 5.74) is 2.10. The molecule has 0 heterocycles. The van der Waals surface area contributed by atoms with Gasteiger partial charge in [-0.2, -0.15) is 0 Å². The van der Waals surface area contributed by atoms with Crippen LogP contribution in [0.25, 0.3) is 0 Å². The van der Waals surface area contributed by atoms with Crippen LogP contribution in [0.1, 0.15) is 28.4 Å². The van der Waals surface area contributed by atoms with Gasteiger partial charge in [-0.1, -0.05) is 12.1 Å². The van der Waals surface area contributed by atoms with Crippen LogP contribution < -0.4 is 10.1 Å². The Balaban J connectivity index is 2.20. The highest BCUT2D eigenvalue weighted by atomic mass is 16.6. The van der Waals surface area contributed by atoms with Crippen molar-refractivity contribution in [3.63, 3.8) is 0 Å². The zero-order valence-corrected chi connectivity index (χ0v) is 15.4. The number of carbonyl (C=O) groups excluding carboxylic acids is 2. The van der Waals surface area contributed by atoms with E-state index in [1.54, 1.807) is 0 Å². The van der Waals surface area contributed by atoms with Crippen LogP contribution in [0.15, 0.2) is 36.4 Å². The molecule has 0 aliphatic heterocycles. The second-order valence-corrected chi connectivity index (χ2v) is 6.00. The first-order valence-corrected chi connectivity index (χ1v) is 8.14. The van der Waals surface area contributed by atoms with Gasteiger partial charge in [-0.05, 0) is 50.1 Å². The third kappa shape index (κ3) is 4.81. The van der Waals surface area contributed by atoms with Gasteiger partial charge in [0.1, 0.15) is 0 Å². The van der Waals surface area contributed by atoms with Crippen molar-refractivity contribution in [2.45, 2.75) is 26.9 Å². The third-order valence-electron chi connectivity index (χ3n) is 3.90. The molecule has 27 heavy (non-hydrogen) atoms. The number of rotatable bonds is 6. The first kappa shape index (κ1) is 19.9. The maximum Gasteiger partial charge on any atom is 0.338 e. The molecule has 1 amide bonds. The summed E-state index contributed by atoms with van der Waals surface area (Å²) in [4.78, 5) is 34.5. The number of hydrogen-bond acceptors (Lipinski definition) is 6. The molecule has 0 spiro atoms. The van der Waals surface area contributed by atoms with Crippen LogP contribution in [0.3, 0.4) is 0 Å². The molecule has 8 nitrogen and oxygen atoms in total. The Morgan fingerprint density at radius 1 is 1.15 bits per heavy atom. The average Bonchev–Trinajstić information content (AvgIpc) is 2.64. The van der Waals surface area contributed by atoms with Gasteiger partial charge in [0.2, 0.25) is 0 Å². The van der Waals surface area contributed by atoms with Gasteiger partial charge in [-0.3, -0.25) is 14.9 Å². The molecule has 0 aliphatic carbocycles. The van der Waals surface area contributed by atoms with E-state index in [0.717, 1.165) is 17.2 Å². The lowest BCUT2D eigenvalue weighted by atomic mass is 10.1. The van der Waals surface area contributed by atoms with Crippen LogP contribution in [0.4, 0.5) is 11.4 Å². The zero-order chi connectivity index (χ0) is 20.1.